The highest BCUT2D eigenvalue weighted by molar-refractivity contribution is 5.69. The highest BCUT2D eigenvalue weighted by atomic mass is 19.1. The van der Waals surface area contributed by atoms with E-state index in [1.165, 1.54) is 62.0 Å². The Hall–Kier alpha value is -1.93. The van der Waals surface area contributed by atoms with Crippen LogP contribution in [0.2, 0.25) is 0 Å². The number of halogens is 1. The summed E-state index contributed by atoms with van der Waals surface area (Å²) in [4.78, 5) is 2.56. The summed E-state index contributed by atoms with van der Waals surface area (Å²) >= 11 is 0. The highest BCUT2D eigenvalue weighted by Gasteiger charge is 2.04. The van der Waals surface area contributed by atoms with E-state index in [1.807, 2.05) is 12.1 Å². The monoisotopic (exact) mass is 353 g/mol. The third kappa shape index (κ3) is 6.42. The van der Waals surface area contributed by atoms with Crippen molar-refractivity contribution in [3.8, 4) is 11.1 Å². The summed E-state index contributed by atoms with van der Waals surface area (Å²) in [7, 11) is 0. The van der Waals surface area contributed by atoms with Crippen molar-refractivity contribution in [3.63, 3.8) is 0 Å². The third-order valence-corrected chi connectivity index (χ3v) is 4.83. The molecule has 2 heteroatoms. The summed E-state index contributed by atoms with van der Waals surface area (Å²) in [5, 5.41) is 0. The van der Waals surface area contributed by atoms with Gasteiger partial charge < -0.3 is 0 Å². The molecule has 0 N–H and O–H groups in total. The summed E-state index contributed by atoms with van der Waals surface area (Å²) in [6.07, 6.45) is 7.37. The zero-order chi connectivity index (χ0) is 18.8. The Morgan fingerprint density at radius 1 is 0.846 bits per heavy atom. The number of rotatable bonds is 10. The minimum Gasteiger partial charge on any atom is -0.300 e. The van der Waals surface area contributed by atoms with Gasteiger partial charge in [0.05, 0.1) is 0 Å². The van der Waals surface area contributed by atoms with E-state index in [0.717, 1.165) is 17.7 Å². The Bertz CT molecular complexity index is 662. The van der Waals surface area contributed by atoms with Gasteiger partial charge in [-0.1, -0.05) is 69.2 Å². The van der Waals surface area contributed by atoms with E-state index in [1.54, 1.807) is 0 Å². The van der Waals surface area contributed by atoms with Crippen LogP contribution in [0.5, 0.6) is 0 Å². The minimum absolute atomic E-state index is 0.195. The summed E-state index contributed by atoms with van der Waals surface area (Å²) in [6, 6.07) is 15.2. The average molecular weight is 354 g/mol. The molecule has 0 spiro atoms. The fourth-order valence-corrected chi connectivity index (χ4v) is 3.01. The smallest absolute Gasteiger partial charge is 0.123 e. The molecular weight excluding hydrogens is 321 g/mol. The number of unbranched alkanes of at least 4 members (excludes halogenated alkanes) is 2. The van der Waals surface area contributed by atoms with Crippen LogP contribution in [-0.2, 0) is 0 Å². The van der Waals surface area contributed by atoms with Gasteiger partial charge in [-0.25, -0.2) is 4.39 Å². The van der Waals surface area contributed by atoms with Gasteiger partial charge in [-0.05, 0) is 67.3 Å². The second-order valence-corrected chi connectivity index (χ2v) is 6.98. The summed E-state index contributed by atoms with van der Waals surface area (Å²) < 4.78 is 13.1. The molecule has 0 fully saturated rings. The van der Waals surface area contributed by atoms with Crippen molar-refractivity contribution in [2.75, 3.05) is 19.6 Å². The molecule has 140 valence electrons. The molecule has 0 atom stereocenters. The van der Waals surface area contributed by atoms with Gasteiger partial charge in [-0.15, -0.1) is 0 Å². The number of benzene rings is 2. The molecule has 1 nitrogen and oxygen atoms in total. The molecular formula is C24H32FN. The zero-order valence-corrected chi connectivity index (χ0v) is 16.5. The Morgan fingerprint density at radius 2 is 1.35 bits per heavy atom. The highest BCUT2D eigenvalue weighted by Crippen LogP contribution is 2.22. The summed E-state index contributed by atoms with van der Waals surface area (Å²) in [5.74, 6) is -0.195. The molecule has 0 radical (unpaired) electrons. The molecule has 0 aliphatic rings. The quantitative estimate of drug-likeness (QED) is 0.454. The molecule has 2 aromatic rings. The van der Waals surface area contributed by atoms with Gasteiger partial charge in [0.15, 0.2) is 0 Å². The predicted molar refractivity (Wildman–Crippen MR) is 112 cm³/mol. The second kappa shape index (κ2) is 10.9. The lowest BCUT2D eigenvalue weighted by Gasteiger charge is -2.20. The first-order chi connectivity index (χ1) is 12.6. The molecule has 2 rings (SSSR count). The van der Waals surface area contributed by atoms with E-state index in [-0.39, 0.29) is 5.82 Å². The normalized spacial score (nSPS) is 12.0. The molecule has 2 aromatic carbocycles. The Balaban J connectivity index is 2.01. The van der Waals surface area contributed by atoms with Crippen molar-refractivity contribution in [1.82, 2.24) is 4.90 Å². The van der Waals surface area contributed by atoms with Crippen LogP contribution in [0.4, 0.5) is 4.39 Å². The first kappa shape index (κ1) is 20.4. The van der Waals surface area contributed by atoms with Gasteiger partial charge in [0, 0.05) is 6.54 Å². The maximum Gasteiger partial charge on any atom is 0.123 e. The fourth-order valence-electron chi connectivity index (χ4n) is 3.01. The van der Waals surface area contributed by atoms with Crippen LogP contribution in [0.25, 0.3) is 16.7 Å². The van der Waals surface area contributed by atoms with Gasteiger partial charge >= 0.3 is 0 Å². The third-order valence-electron chi connectivity index (χ3n) is 4.83. The van der Waals surface area contributed by atoms with Crippen molar-refractivity contribution in [1.29, 1.82) is 0 Å². The van der Waals surface area contributed by atoms with Crippen LogP contribution >= 0.6 is 0 Å². The van der Waals surface area contributed by atoms with E-state index < -0.39 is 0 Å². The van der Waals surface area contributed by atoms with E-state index >= 15 is 0 Å². The maximum atomic E-state index is 13.1. The number of nitrogens with zero attached hydrogens (tertiary/aromatic N) is 1. The van der Waals surface area contributed by atoms with E-state index in [4.69, 9.17) is 0 Å². The van der Waals surface area contributed by atoms with Crippen molar-refractivity contribution in [2.45, 2.75) is 46.5 Å². The van der Waals surface area contributed by atoms with Crippen molar-refractivity contribution in [3.05, 3.63) is 66.0 Å². The molecule has 0 aliphatic heterocycles. The Kier molecular flexibility index (Phi) is 8.57. The van der Waals surface area contributed by atoms with Crippen LogP contribution in [0.15, 0.2) is 54.6 Å². The van der Waals surface area contributed by atoms with Gasteiger partial charge in [0.25, 0.3) is 0 Å². The largest absolute Gasteiger partial charge is 0.300 e. The molecule has 0 bridgehead atoms. The number of hydrogen-bond acceptors (Lipinski definition) is 1. The molecule has 0 saturated carbocycles. The minimum atomic E-state index is -0.195. The molecule has 0 unspecified atom stereocenters. The lowest BCUT2D eigenvalue weighted by atomic mass is 10.0. The van der Waals surface area contributed by atoms with Crippen molar-refractivity contribution >= 4 is 5.57 Å². The fraction of sp³-hybridized carbons (Fsp3) is 0.417. The van der Waals surface area contributed by atoms with E-state index in [2.05, 4.69) is 56.0 Å². The van der Waals surface area contributed by atoms with E-state index in [0.29, 0.717) is 0 Å². The number of hydrogen-bond donors (Lipinski definition) is 0. The van der Waals surface area contributed by atoms with Crippen LogP contribution in [0, 0.1) is 5.82 Å². The lowest BCUT2D eigenvalue weighted by Crippen LogP contribution is -2.26. The molecule has 0 saturated heterocycles. The predicted octanol–water partition coefficient (Wildman–Crippen LogP) is 6.80. The number of allylic oxidation sites excluding steroid dienone is 1. The maximum absolute atomic E-state index is 13.1. The molecule has 26 heavy (non-hydrogen) atoms. The standard InChI is InChI=1S/C24H32FN/c1-4-6-17-26(18-7-5-2)19-16-20(3)21-8-10-22(11-9-21)23-12-14-24(25)15-13-23/h8-16H,4-7,17-19H2,1-3H3. The second-order valence-electron chi connectivity index (χ2n) is 6.98. The van der Waals surface area contributed by atoms with Gasteiger partial charge in [0.2, 0.25) is 0 Å². The van der Waals surface area contributed by atoms with Gasteiger partial charge in [0.1, 0.15) is 5.82 Å². The van der Waals surface area contributed by atoms with Crippen LogP contribution in [0.1, 0.15) is 52.0 Å². The average Bonchev–Trinajstić information content (AvgIpc) is 2.68. The van der Waals surface area contributed by atoms with E-state index in [9.17, 15) is 4.39 Å². The SMILES string of the molecule is CCCCN(CC=C(C)c1ccc(-c2ccc(F)cc2)cc1)CCCC. The molecule has 0 aliphatic carbocycles. The molecule has 0 aromatic heterocycles. The Labute approximate surface area is 158 Å². The van der Waals surface area contributed by atoms with Crippen LogP contribution in [-0.4, -0.2) is 24.5 Å². The molecule has 0 amide bonds. The lowest BCUT2D eigenvalue weighted by molar-refractivity contribution is 0.292. The first-order valence-corrected chi connectivity index (χ1v) is 9.89. The van der Waals surface area contributed by atoms with Crippen molar-refractivity contribution in [2.24, 2.45) is 0 Å². The van der Waals surface area contributed by atoms with Crippen LogP contribution in [0.3, 0.4) is 0 Å². The Morgan fingerprint density at radius 3 is 1.85 bits per heavy atom. The van der Waals surface area contributed by atoms with Gasteiger partial charge in [-0.2, -0.15) is 0 Å². The zero-order valence-electron chi connectivity index (χ0n) is 16.5. The van der Waals surface area contributed by atoms with Crippen molar-refractivity contribution < 1.29 is 4.39 Å². The van der Waals surface area contributed by atoms with Gasteiger partial charge in [-0.3, -0.25) is 4.90 Å². The van der Waals surface area contributed by atoms with Crippen LogP contribution < -0.4 is 0 Å². The molecule has 0 heterocycles. The summed E-state index contributed by atoms with van der Waals surface area (Å²) in [6.45, 7) is 10.1. The summed E-state index contributed by atoms with van der Waals surface area (Å²) in [5.41, 5.74) is 4.73. The first-order valence-electron chi connectivity index (χ1n) is 9.89. The topological polar surface area (TPSA) is 3.24 Å².